The quantitative estimate of drug-likeness (QED) is 0.902. The van der Waals surface area contributed by atoms with Crippen molar-refractivity contribution in [3.05, 3.63) is 51.9 Å². The molecule has 1 heterocycles. The minimum atomic E-state index is -0.0403. The van der Waals surface area contributed by atoms with Crippen LogP contribution in [0.3, 0.4) is 0 Å². The van der Waals surface area contributed by atoms with E-state index in [4.69, 9.17) is 17.3 Å². The van der Waals surface area contributed by atoms with E-state index in [1.165, 1.54) is 0 Å². The number of hydrogen-bond acceptors (Lipinski definition) is 2. The van der Waals surface area contributed by atoms with Crippen LogP contribution >= 0.6 is 11.6 Å². The fraction of sp³-hybridized carbons (Fsp3) is 0.214. The van der Waals surface area contributed by atoms with Gasteiger partial charge in [0.2, 0.25) is 0 Å². The van der Waals surface area contributed by atoms with Crippen molar-refractivity contribution in [3.8, 4) is 11.1 Å². The van der Waals surface area contributed by atoms with E-state index in [9.17, 15) is 4.79 Å². The molecular formula is C14H15ClN2O. The zero-order valence-electron chi connectivity index (χ0n) is 10.4. The van der Waals surface area contributed by atoms with E-state index in [2.05, 4.69) is 0 Å². The lowest BCUT2D eigenvalue weighted by molar-refractivity contribution is 0.580. The maximum absolute atomic E-state index is 12.3. The van der Waals surface area contributed by atoms with Crippen molar-refractivity contribution in [1.29, 1.82) is 0 Å². The third-order valence-corrected chi connectivity index (χ3v) is 3.03. The summed E-state index contributed by atoms with van der Waals surface area (Å²) in [5.41, 5.74) is 7.81. The number of aromatic nitrogens is 1. The van der Waals surface area contributed by atoms with Crippen LogP contribution < -0.4 is 11.3 Å². The number of nitrogen functional groups attached to an aromatic ring is 1. The van der Waals surface area contributed by atoms with Gasteiger partial charge < -0.3 is 10.3 Å². The third kappa shape index (κ3) is 2.41. The highest BCUT2D eigenvalue weighted by Gasteiger charge is 2.09. The Labute approximate surface area is 111 Å². The number of hydrogen-bond donors (Lipinski definition) is 1. The Morgan fingerprint density at radius 3 is 2.39 bits per heavy atom. The van der Waals surface area contributed by atoms with Crippen LogP contribution in [0, 0.1) is 0 Å². The number of benzene rings is 1. The van der Waals surface area contributed by atoms with Crippen molar-refractivity contribution in [2.24, 2.45) is 0 Å². The van der Waals surface area contributed by atoms with Crippen LogP contribution in [0.5, 0.6) is 0 Å². The minimum absolute atomic E-state index is 0.0403. The highest BCUT2D eigenvalue weighted by molar-refractivity contribution is 6.30. The van der Waals surface area contributed by atoms with Gasteiger partial charge in [-0.2, -0.15) is 0 Å². The summed E-state index contributed by atoms with van der Waals surface area (Å²) >= 11 is 5.84. The molecule has 0 aliphatic heterocycles. The number of pyridine rings is 1. The van der Waals surface area contributed by atoms with Crippen molar-refractivity contribution in [2.45, 2.75) is 19.9 Å². The Hall–Kier alpha value is -1.74. The lowest BCUT2D eigenvalue weighted by Crippen LogP contribution is -2.23. The SMILES string of the molecule is CC(C)n1cc(N)cc(-c2ccc(Cl)cc2)c1=O. The lowest BCUT2D eigenvalue weighted by atomic mass is 10.1. The van der Waals surface area contributed by atoms with Crippen LogP contribution in [-0.4, -0.2) is 4.57 Å². The molecule has 0 saturated carbocycles. The number of nitrogens with zero attached hydrogens (tertiary/aromatic N) is 1. The maximum atomic E-state index is 12.3. The van der Waals surface area contributed by atoms with E-state index >= 15 is 0 Å². The topological polar surface area (TPSA) is 48.0 Å². The molecule has 0 fully saturated rings. The second-order valence-corrected chi connectivity index (χ2v) is 4.94. The van der Waals surface area contributed by atoms with Gasteiger partial charge in [0.1, 0.15) is 0 Å². The van der Waals surface area contributed by atoms with Crippen LogP contribution in [0.15, 0.2) is 41.3 Å². The van der Waals surface area contributed by atoms with Gasteiger partial charge in [-0.15, -0.1) is 0 Å². The summed E-state index contributed by atoms with van der Waals surface area (Å²) < 4.78 is 1.64. The van der Waals surface area contributed by atoms with E-state index in [1.807, 2.05) is 26.0 Å². The van der Waals surface area contributed by atoms with Crippen LogP contribution in [0.2, 0.25) is 5.02 Å². The molecule has 1 aromatic heterocycles. The summed E-state index contributed by atoms with van der Waals surface area (Å²) in [7, 11) is 0. The molecule has 0 bridgehead atoms. The summed E-state index contributed by atoms with van der Waals surface area (Å²) in [6.45, 7) is 3.90. The summed E-state index contributed by atoms with van der Waals surface area (Å²) in [4.78, 5) is 12.3. The van der Waals surface area contributed by atoms with Gasteiger partial charge in [-0.1, -0.05) is 23.7 Å². The molecule has 0 spiro atoms. The first kappa shape index (κ1) is 12.7. The van der Waals surface area contributed by atoms with E-state index in [0.717, 1.165) is 5.56 Å². The second kappa shape index (κ2) is 4.86. The van der Waals surface area contributed by atoms with E-state index in [0.29, 0.717) is 16.3 Å². The normalized spacial score (nSPS) is 10.9. The molecule has 0 aliphatic rings. The largest absolute Gasteiger partial charge is 0.398 e. The molecule has 1 aromatic carbocycles. The number of anilines is 1. The monoisotopic (exact) mass is 262 g/mol. The van der Waals surface area contributed by atoms with Gasteiger partial charge in [-0.3, -0.25) is 4.79 Å². The van der Waals surface area contributed by atoms with Crippen molar-refractivity contribution < 1.29 is 0 Å². The first-order valence-corrected chi connectivity index (χ1v) is 6.14. The van der Waals surface area contributed by atoms with Crippen molar-refractivity contribution in [3.63, 3.8) is 0 Å². The molecule has 94 valence electrons. The van der Waals surface area contributed by atoms with Crippen molar-refractivity contribution >= 4 is 17.3 Å². The van der Waals surface area contributed by atoms with E-state index < -0.39 is 0 Å². The zero-order chi connectivity index (χ0) is 13.3. The van der Waals surface area contributed by atoms with Gasteiger partial charge in [0.05, 0.1) is 0 Å². The third-order valence-electron chi connectivity index (χ3n) is 2.78. The first-order valence-electron chi connectivity index (χ1n) is 5.76. The van der Waals surface area contributed by atoms with E-state index in [1.54, 1.807) is 29.0 Å². The maximum Gasteiger partial charge on any atom is 0.258 e. The molecule has 0 radical (unpaired) electrons. The van der Waals surface area contributed by atoms with Crippen LogP contribution in [0.25, 0.3) is 11.1 Å². The smallest absolute Gasteiger partial charge is 0.258 e. The second-order valence-electron chi connectivity index (χ2n) is 4.50. The highest BCUT2D eigenvalue weighted by atomic mass is 35.5. The van der Waals surface area contributed by atoms with Gasteiger partial charge >= 0.3 is 0 Å². The molecule has 3 nitrogen and oxygen atoms in total. The van der Waals surface area contributed by atoms with Gasteiger partial charge in [-0.25, -0.2) is 0 Å². The predicted molar refractivity (Wildman–Crippen MR) is 75.9 cm³/mol. The summed E-state index contributed by atoms with van der Waals surface area (Å²) in [6.07, 6.45) is 1.67. The molecule has 2 aromatic rings. The molecule has 4 heteroatoms. The van der Waals surface area contributed by atoms with Crippen LogP contribution in [-0.2, 0) is 0 Å². The standard InChI is InChI=1S/C14H15ClN2O/c1-9(2)17-8-12(16)7-13(14(17)18)10-3-5-11(15)6-4-10/h3-9H,16H2,1-2H3. The van der Waals surface area contributed by atoms with Crippen LogP contribution in [0.4, 0.5) is 5.69 Å². The van der Waals surface area contributed by atoms with Gasteiger partial charge in [-0.05, 0) is 37.6 Å². The Balaban J connectivity index is 2.64. The molecule has 2 rings (SSSR count). The number of halogens is 1. The van der Waals surface area contributed by atoms with Gasteiger partial charge in [0, 0.05) is 28.5 Å². The lowest BCUT2D eigenvalue weighted by Gasteiger charge is -2.13. The Morgan fingerprint density at radius 1 is 1.22 bits per heavy atom. The summed E-state index contributed by atoms with van der Waals surface area (Å²) in [6, 6.07) is 8.95. The zero-order valence-corrected chi connectivity index (χ0v) is 11.1. The molecule has 0 amide bonds. The molecule has 0 saturated heterocycles. The average molecular weight is 263 g/mol. The van der Waals surface area contributed by atoms with Gasteiger partial charge in [0.25, 0.3) is 5.56 Å². The fourth-order valence-corrected chi connectivity index (χ4v) is 1.97. The molecule has 0 unspecified atom stereocenters. The van der Waals surface area contributed by atoms with Crippen LogP contribution in [0.1, 0.15) is 19.9 Å². The van der Waals surface area contributed by atoms with Gasteiger partial charge in [0.15, 0.2) is 0 Å². The number of nitrogens with two attached hydrogens (primary N) is 1. The molecule has 0 aliphatic carbocycles. The fourth-order valence-electron chi connectivity index (χ4n) is 1.84. The molecule has 2 N–H and O–H groups in total. The Bertz CT molecular complexity index is 615. The number of rotatable bonds is 2. The molecule has 0 atom stereocenters. The molecular weight excluding hydrogens is 248 g/mol. The van der Waals surface area contributed by atoms with Crippen molar-refractivity contribution in [1.82, 2.24) is 4.57 Å². The average Bonchev–Trinajstić information content (AvgIpc) is 2.32. The predicted octanol–water partition coefficient (Wildman–Crippen LogP) is 3.33. The first-order chi connectivity index (χ1) is 8.49. The Kier molecular flexibility index (Phi) is 3.43. The Morgan fingerprint density at radius 2 is 1.83 bits per heavy atom. The minimum Gasteiger partial charge on any atom is -0.398 e. The van der Waals surface area contributed by atoms with Crippen molar-refractivity contribution in [2.75, 3.05) is 5.73 Å². The highest BCUT2D eigenvalue weighted by Crippen LogP contribution is 2.21. The summed E-state index contributed by atoms with van der Waals surface area (Å²) in [5, 5.41) is 0.645. The molecule has 18 heavy (non-hydrogen) atoms. The van der Waals surface area contributed by atoms with E-state index in [-0.39, 0.29) is 11.6 Å². The summed E-state index contributed by atoms with van der Waals surface area (Å²) in [5.74, 6) is 0.